The Morgan fingerprint density at radius 1 is 1.00 bits per heavy atom. The summed E-state index contributed by atoms with van der Waals surface area (Å²) in [5.41, 5.74) is 4.00. The fraction of sp³-hybridized carbons (Fsp3) is 0.217. The molecule has 31 heavy (non-hydrogen) atoms. The molecule has 0 bridgehead atoms. The highest BCUT2D eigenvalue weighted by Crippen LogP contribution is 2.28. The van der Waals surface area contributed by atoms with Gasteiger partial charge in [0.1, 0.15) is 10.9 Å². The van der Waals surface area contributed by atoms with Gasteiger partial charge in [0.25, 0.3) is 5.56 Å². The maximum Gasteiger partial charge on any atom is 0.265 e. The zero-order chi connectivity index (χ0) is 21.4. The Bertz CT molecular complexity index is 1460. The van der Waals surface area contributed by atoms with Crippen LogP contribution in [-0.2, 0) is 11.3 Å². The van der Waals surface area contributed by atoms with Gasteiger partial charge in [0.2, 0.25) is 0 Å². The average Bonchev–Trinajstić information content (AvgIpc) is 3.11. The van der Waals surface area contributed by atoms with Gasteiger partial charge in [-0.2, -0.15) is 0 Å². The highest BCUT2D eigenvalue weighted by molar-refractivity contribution is 9.10. The van der Waals surface area contributed by atoms with Crippen molar-refractivity contribution in [2.45, 2.75) is 19.9 Å². The van der Waals surface area contributed by atoms with Crippen molar-refractivity contribution in [1.29, 1.82) is 0 Å². The zero-order valence-corrected chi connectivity index (χ0v) is 18.5. The standard InChI is InChI=1S/C23H20BrN5O2/c1-2-31-13-5-12-28-14-25-21-19(23(28)30)20-22(27-18-7-4-3-6-17(18)26-20)29(21)16-10-8-15(24)9-11-16/h3-4,6-11,14H,2,5,12-13H2,1H3. The Morgan fingerprint density at radius 3 is 2.48 bits per heavy atom. The van der Waals surface area contributed by atoms with Gasteiger partial charge in [-0.15, -0.1) is 0 Å². The van der Waals surface area contributed by atoms with Gasteiger partial charge in [-0.05, 0) is 49.7 Å². The van der Waals surface area contributed by atoms with Gasteiger partial charge >= 0.3 is 0 Å². The Kier molecular flexibility index (Phi) is 5.25. The van der Waals surface area contributed by atoms with Crippen LogP contribution < -0.4 is 5.56 Å². The molecule has 0 atom stereocenters. The first-order valence-electron chi connectivity index (χ1n) is 10.2. The van der Waals surface area contributed by atoms with E-state index in [1.807, 2.05) is 60.0 Å². The average molecular weight is 478 g/mol. The first-order chi connectivity index (χ1) is 15.2. The molecule has 3 aromatic heterocycles. The second-order valence-corrected chi connectivity index (χ2v) is 8.10. The summed E-state index contributed by atoms with van der Waals surface area (Å²) in [6.45, 7) is 3.76. The second kappa shape index (κ2) is 8.20. The lowest BCUT2D eigenvalue weighted by Gasteiger charge is -2.08. The van der Waals surface area contributed by atoms with Crippen molar-refractivity contribution in [3.63, 3.8) is 0 Å². The molecule has 0 saturated heterocycles. The number of nitrogens with zero attached hydrogens (tertiary/aromatic N) is 5. The van der Waals surface area contributed by atoms with Crippen LogP contribution in [0.1, 0.15) is 13.3 Å². The number of ether oxygens (including phenoxy) is 1. The Morgan fingerprint density at radius 2 is 1.74 bits per heavy atom. The monoisotopic (exact) mass is 477 g/mol. The molecule has 0 N–H and O–H groups in total. The molecule has 0 unspecified atom stereocenters. The van der Waals surface area contributed by atoms with E-state index in [2.05, 4.69) is 20.9 Å². The molecule has 7 nitrogen and oxygen atoms in total. The third-order valence-electron chi connectivity index (χ3n) is 5.21. The molecule has 8 heteroatoms. The molecule has 0 aliphatic heterocycles. The molecule has 0 aliphatic carbocycles. The summed E-state index contributed by atoms with van der Waals surface area (Å²) in [6.07, 6.45) is 2.34. The van der Waals surface area contributed by atoms with Crippen LogP contribution in [0.2, 0.25) is 0 Å². The van der Waals surface area contributed by atoms with E-state index in [4.69, 9.17) is 14.7 Å². The number of fused-ring (bicyclic) bond motifs is 4. The maximum absolute atomic E-state index is 13.4. The maximum atomic E-state index is 13.4. The summed E-state index contributed by atoms with van der Waals surface area (Å²) in [5.74, 6) is 0. The molecule has 156 valence electrons. The van der Waals surface area contributed by atoms with E-state index < -0.39 is 0 Å². The molecular formula is C23H20BrN5O2. The quantitative estimate of drug-likeness (QED) is 0.337. The predicted octanol–water partition coefficient (Wildman–Crippen LogP) is 4.47. The predicted molar refractivity (Wildman–Crippen MR) is 125 cm³/mol. The fourth-order valence-electron chi connectivity index (χ4n) is 3.75. The van der Waals surface area contributed by atoms with Gasteiger partial charge in [0.05, 0.1) is 17.4 Å². The molecule has 3 heterocycles. The topological polar surface area (TPSA) is 74.8 Å². The van der Waals surface area contributed by atoms with E-state index in [-0.39, 0.29) is 5.56 Å². The smallest absolute Gasteiger partial charge is 0.265 e. The number of aryl methyl sites for hydroxylation is 1. The minimum atomic E-state index is -0.119. The molecule has 0 spiro atoms. The molecule has 5 aromatic rings. The highest BCUT2D eigenvalue weighted by atomic mass is 79.9. The van der Waals surface area contributed by atoms with Crippen LogP contribution in [0.15, 0.2) is 64.1 Å². The number of halogens is 1. The van der Waals surface area contributed by atoms with Gasteiger partial charge in [-0.1, -0.05) is 28.1 Å². The third-order valence-corrected chi connectivity index (χ3v) is 5.74. The SMILES string of the molecule is CCOCCCn1cnc2c(c1=O)c1nc3ccccc3nc1n2-c1ccc(Br)cc1. The molecule has 0 saturated carbocycles. The van der Waals surface area contributed by atoms with Crippen molar-refractivity contribution in [1.82, 2.24) is 24.1 Å². The molecule has 0 radical (unpaired) electrons. The number of aromatic nitrogens is 5. The van der Waals surface area contributed by atoms with Crippen LogP contribution in [0.3, 0.4) is 0 Å². The molecule has 0 fully saturated rings. The van der Waals surface area contributed by atoms with Crippen LogP contribution in [0.4, 0.5) is 0 Å². The summed E-state index contributed by atoms with van der Waals surface area (Å²) in [5, 5.41) is 0.482. The van der Waals surface area contributed by atoms with E-state index in [0.717, 1.165) is 27.6 Å². The summed E-state index contributed by atoms with van der Waals surface area (Å²) < 4.78 is 9.91. The van der Waals surface area contributed by atoms with Crippen LogP contribution in [-0.4, -0.2) is 37.3 Å². The number of hydrogen-bond donors (Lipinski definition) is 0. The van der Waals surface area contributed by atoms with E-state index in [1.54, 1.807) is 10.9 Å². The summed E-state index contributed by atoms with van der Waals surface area (Å²) in [7, 11) is 0. The van der Waals surface area contributed by atoms with Crippen LogP contribution in [0, 0.1) is 0 Å². The number of rotatable bonds is 6. The first-order valence-corrected chi connectivity index (χ1v) is 11.0. The first kappa shape index (κ1) is 19.8. The summed E-state index contributed by atoms with van der Waals surface area (Å²) in [6, 6.07) is 15.5. The minimum Gasteiger partial charge on any atom is -0.382 e. The molecule has 5 rings (SSSR count). The normalized spacial score (nSPS) is 11.7. The van der Waals surface area contributed by atoms with Gasteiger partial charge < -0.3 is 4.74 Å². The molecule has 0 aliphatic rings. The summed E-state index contributed by atoms with van der Waals surface area (Å²) >= 11 is 3.48. The van der Waals surface area contributed by atoms with Gasteiger partial charge in [0, 0.05) is 29.9 Å². The van der Waals surface area contributed by atoms with Crippen molar-refractivity contribution in [3.05, 3.63) is 69.7 Å². The minimum absolute atomic E-state index is 0.119. The van der Waals surface area contributed by atoms with E-state index in [1.165, 1.54) is 0 Å². The number of para-hydroxylation sites is 2. The number of benzene rings is 2. The second-order valence-electron chi connectivity index (χ2n) is 7.19. The lowest BCUT2D eigenvalue weighted by atomic mass is 10.3. The zero-order valence-electron chi connectivity index (χ0n) is 17.0. The van der Waals surface area contributed by atoms with Crippen molar-refractivity contribution in [2.24, 2.45) is 0 Å². The van der Waals surface area contributed by atoms with E-state index in [0.29, 0.717) is 42.0 Å². The van der Waals surface area contributed by atoms with E-state index >= 15 is 0 Å². The lowest BCUT2D eigenvalue weighted by Crippen LogP contribution is -2.21. The lowest BCUT2D eigenvalue weighted by molar-refractivity contribution is 0.141. The van der Waals surface area contributed by atoms with E-state index in [9.17, 15) is 4.79 Å². The van der Waals surface area contributed by atoms with Gasteiger partial charge in [-0.25, -0.2) is 15.0 Å². The fourth-order valence-corrected chi connectivity index (χ4v) is 4.01. The Hall–Kier alpha value is -3.10. The largest absolute Gasteiger partial charge is 0.382 e. The van der Waals surface area contributed by atoms with Crippen LogP contribution >= 0.6 is 15.9 Å². The van der Waals surface area contributed by atoms with Crippen LogP contribution in [0.5, 0.6) is 0 Å². The summed E-state index contributed by atoms with van der Waals surface area (Å²) in [4.78, 5) is 27.8. The Balaban J connectivity index is 1.79. The van der Waals surface area contributed by atoms with Crippen molar-refractivity contribution >= 4 is 49.2 Å². The Labute approximate surface area is 186 Å². The van der Waals surface area contributed by atoms with Gasteiger partial charge in [0.15, 0.2) is 11.3 Å². The molecule has 0 amide bonds. The third kappa shape index (κ3) is 3.51. The van der Waals surface area contributed by atoms with Crippen molar-refractivity contribution < 1.29 is 4.74 Å². The molecule has 2 aromatic carbocycles. The van der Waals surface area contributed by atoms with Crippen LogP contribution in [0.25, 0.3) is 38.9 Å². The van der Waals surface area contributed by atoms with Crippen molar-refractivity contribution in [2.75, 3.05) is 13.2 Å². The molecular weight excluding hydrogens is 458 g/mol. The highest BCUT2D eigenvalue weighted by Gasteiger charge is 2.20. The van der Waals surface area contributed by atoms with Gasteiger partial charge in [-0.3, -0.25) is 13.9 Å². The van der Waals surface area contributed by atoms with Crippen molar-refractivity contribution in [3.8, 4) is 5.69 Å². The number of hydrogen-bond acceptors (Lipinski definition) is 5.